The van der Waals surface area contributed by atoms with Crippen molar-refractivity contribution in [1.29, 1.82) is 0 Å². The summed E-state index contributed by atoms with van der Waals surface area (Å²) < 4.78 is 0. The zero-order valence-electron chi connectivity index (χ0n) is 9.63. The summed E-state index contributed by atoms with van der Waals surface area (Å²) in [5.74, 6) is 0. The first kappa shape index (κ1) is 12.0. The summed E-state index contributed by atoms with van der Waals surface area (Å²) in [6.45, 7) is 0.899. The summed E-state index contributed by atoms with van der Waals surface area (Å²) in [7, 11) is 0. The van der Waals surface area contributed by atoms with Gasteiger partial charge in [0.05, 0.1) is 12.7 Å². The fraction of sp³-hybridized carbons (Fsp3) is 0.286. The van der Waals surface area contributed by atoms with Crippen LogP contribution in [0.5, 0.6) is 0 Å². The van der Waals surface area contributed by atoms with Crippen molar-refractivity contribution in [3.8, 4) is 0 Å². The van der Waals surface area contributed by atoms with Gasteiger partial charge in [-0.3, -0.25) is 0 Å². The van der Waals surface area contributed by atoms with Crippen LogP contribution in [0, 0.1) is 0 Å². The van der Waals surface area contributed by atoms with Gasteiger partial charge in [0.1, 0.15) is 0 Å². The third-order valence-electron chi connectivity index (χ3n) is 2.73. The second-order valence-corrected chi connectivity index (χ2v) is 4.15. The molecular formula is C14H17NO2. The normalized spacial score (nSPS) is 12.8. The van der Waals surface area contributed by atoms with Gasteiger partial charge in [0.2, 0.25) is 0 Å². The van der Waals surface area contributed by atoms with Crippen LogP contribution in [0.25, 0.3) is 10.8 Å². The molecule has 0 fully saturated rings. The molecule has 1 unspecified atom stereocenters. The van der Waals surface area contributed by atoms with Crippen LogP contribution < -0.4 is 5.32 Å². The topological polar surface area (TPSA) is 52.5 Å². The summed E-state index contributed by atoms with van der Waals surface area (Å²) in [5.41, 5.74) is 1.17. The van der Waals surface area contributed by atoms with Gasteiger partial charge in [-0.2, -0.15) is 0 Å². The third-order valence-corrected chi connectivity index (χ3v) is 2.73. The first-order valence-corrected chi connectivity index (χ1v) is 5.77. The van der Waals surface area contributed by atoms with Crippen LogP contribution in [0.4, 0.5) is 0 Å². The molecule has 0 aliphatic rings. The highest BCUT2D eigenvalue weighted by Crippen LogP contribution is 2.15. The number of aliphatic hydroxyl groups excluding tert-OH is 2. The van der Waals surface area contributed by atoms with Crippen LogP contribution in [0.2, 0.25) is 0 Å². The summed E-state index contributed by atoms with van der Waals surface area (Å²) in [5, 5.41) is 23.4. The van der Waals surface area contributed by atoms with E-state index in [9.17, 15) is 5.11 Å². The maximum absolute atomic E-state index is 9.20. The van der Waals surface area contributed by atoms with E-state index in [1.54, 1.807) is 0 Å². The molecular weight excluding hydrogens is 214 g/mol. The Balaban J connectivity index is 1.99. The quantitative estimate of drug-likeness (QED) is 0.726. The summed E-state index contributed by atoms with van der Waals surface area (Å²) >= 11 is 0. The summed E-state index contributed by atoms with van der Waals surface area (Å²) in [6.07, 6.45) is -0.685. The second-order valence-electron chi connectivity index (χ2n) is 4.15. The fourth-order valence-corrected chi connectivity index (χ4v) is 1.80. The predicted octanol–water partition coefficient (Wildman–Crippen LogP) is 1.28. The van der Waals surface area contributed by atoms with Gasteiger partial charge in [0.25, 0.3) is 0 Å². The number of hydrogen-bond donors (Lipinski definition) is 3. The first-order chi connectivity index (χ1) is 8.29. The number of hydrogen-bond acceptors (Lipinski definition) is 3. The zero-order chi connectivity index (χ0) is 12.1. The molecule has 0 saturated carbocycles. The molecule has 17 heavy (non-hydrogen) atoms. The molecule has 1 atom stereocenters. The highest BCUT2D eigenvalue weighted by Gasteiger charge is 2.01. The molecule has 0 spiro atoms. The average Bonchev–Trinajstić information content (AvgIpc) is 2.38. The van der Waals surface area contributed by atoms with Gasteiger partial charge in [0, 0.05) is 13.1 Å². The standard InChI is InChI=1S/C14H17NO2/c16-10-14(17)9-15-8-11-5-6-12-3-1-2-4-13(12)7-11/h1-7,14-17H,8-10H2. The molecule has 3 heteroatoms. The van der Waals surface area contributed by atoms with Crippen LogP contribution in [-0.4, -0.2) is 29.5 Å². The van der Waals surface area contributed by atoms with Crippen LogP contribution in [0.3, 0.4) is 0 Å². The van der Waals surface area contributed by atoms with Gasteiger partial charge in [-0.25, -0.2) is 0 Å². The Bertz CT molecular complexity index is 484. The molecule has 0 amide bonds. The van der Waals surface area contributed by atoms with Gasteiger partial charge in [0.15, 0.2) is 0 Å². The molecule has 2 rings (SSSR count). The molecule has 0 aliphatic heterocycles. The Kier molecular flexibility index (Phi) is 4.09. The third kappa shape index (κ3) is 3.27. The van der Waals surface area contributed by atoms with Crippen molar-refractivity contribution in [3.63, 3.8) is 0 Å². The van der Waals surface area contributed by atoms with Crippen molar-refractivity contribution in [1.82, 2.24) is 5.32 Å². The molecule has 3 N–H and O–H groups in total. The largest absolute Gasteiger partial charge is 0.394 e. The molecule has 0 heterocycles. The van der Waals surface area contributed by atoms with Crippen LogP contribution in [-0.2, 0) is 6.54 Å². The van der Waals surface area contributed by atoms with Crippen molar-refractivity contribution in [3.05, 3.63) is 48.0 Å². The number of benzene rings is 2. The SMILES string of the molecule is OCC(O)CNCc1ccc2ccccc2c1. The van der Waals surface area contributed by atoms with Gasteiger partial charge >= 0.3 is 0 Å². The number of nitrogens with one attached hydrogen (secondary N) is 1. The fourth-order valence-electron chi connectivity index (χ4n) is 1.80. The summed E-state index contributed by atoms with van der Waals surface area (Å²) in [4.78, 5) is 0. The number of aliphatic hydroxyl groups is 2. The van der Waals surface area contributed by atoms with E-state index in [2.05, 4.69) is 35.6 Å². The van der Waals surface area contributed by atoms with E-state index in [0.29, 0.717) is 13.1 Å². The van der Waals surface area contributed by atoms with E-state index in [1.807, 2.05) is 12.1 Å². The lowest BCUT2D eigenvalue weighted by molar-refractivity contribution is 0.0942. The molecule has 2 aromatic rings. The van der Waals surface area contributed by atoms with Crippen LogP contribution in [0.15, 0.2) is 42.5 Å². The van der Waals surface area contributed by atoms with Crippen molar-refractivity contribution in [2.75, 3.05) is 13.2 Å². The maximum Gasteiger partial charge on any atom is 0.0895 e. The highest BCUT2D eigenvalue weighted by atomic mass is 16.3. The van der Waals surface area contributed by atoms with E-state index in [1.165, 1.54) is 16.3 Å². The monoisotopic (exact) mass is 231 g/mol. The maximum atomic E-state index is 9.20. The van der Waals surface area contributed by atoms with Crippen LogP contribution in [0.1, 0.15) is 5.56 Å². The van der Waals surface area contributed by atoms with Crippen molar-refractivity contribution in [2.45, 2.75) is 12.6 Å². The van der Waals surface area contributed by atoms with Gasteiger partial charge in [-0.1, -0.05) is 36.4 Å². The van der Waals surface area contributed by atoms with Crippen molar-refractivity contribution in [2.24, 2.45) is 0 Å². The highest BCUT2D eigenvalue weighted by molar-refractivity contribution is 5.82. The Morgan fingerprint density at radius 1 is 1.06 bits per heavy atom. The Morgan fingerprint density at radius 2 is 1.82 bits per heavy atom. The molecule has 0 aliphatic carbocycles. The lowest BCUT2D eigenvalue weighted by Gasteiger charge is -2.09. The molecule has 0 radical (unpaired) electrons. The number of fused-ring (bicyclic) bond motifs is 1. The molecule has 0 aromatic heterocycles. The van der Waals surface area contributed by atoms with Gasteiger partial charge in [-0.05, 0) is 22.4 Å². The average molecular weight is 231 g/mol. The molecule has 0 bridgehead atoms. The Morgan fingerprint density at radius 3 is 2.59 bits per heavy atom. The van der Waals surface area contributed by atoms with E-state index in [0.717, 1.165) is 0 Å². The minimum Gasteiger partial charge on any atom is -0.394 e. The lowest BCUT2D eigenvalue weighted by Crippen LogP contribution is -2.28. The van der Waals surface area contributed by atoms with Crippen molar-refractivity contribution >= 4 is 10.8 Å². The van der Waals surface area contributed by atoms with Gasteiger partial charge < -0.3 is 15.5 Å². The van der Waals surface area contributed by atoms with Gasteiger partial charge in [-0.15, -0.1) is 0 Å². The lowest BCUT2D eigenvalue weighted by atomic mass is 10.1. The zero-order valence-corrected chi connectivity index (χ0v) is 9.63. The molecule has 90 valence electrons. The summed E-state index contributed by atoms with van der Waals surface area (Å²) in [6, 6.07) is 14.5. The Labute approximate surface area is 101 Å². The second kappa shape index (κ2) is 5.77. The van der Waals surface area contributed by atoms with E-state index in [4.69, 9.17) is 5.11 Å². The number of rotatable bonds is 5. The smallest absolute Gasteiger partial charge is 0.0895 e. The molecule has 2 aromatic carbocycles. The molecule has 3 nitrogen and oxygen atoms in total. The van der Waals surface area contributed by atoms with Crippen LogP contribution >= 0.6 is 0 Å². The minimum absolute atomic E-state index is 0.204. The van der Waals surface area contributed by atoms with E-state index >= 15 is 0 Å². The van der Waals surface area contributed by atoms with E-state index in [-0.39, 0.29) is 6.61 Å². The van der Waals surface area contributed by atoms with Crippen molar-refractivity contribution < 1.29 is 10.2 Å². The first-order valence-electron chi connectivity index (χ1n) is 5.77. The van der Waals surface area contributed by atoms with E-state index < -0.39 is 6.10 Å². The minimum atomic E-state index is -0.685. The molecule has 0 saturated heterocycles. The predicted molar refractivity (Wildman–Crippen MR) is 68.7 cm³/mol. The Hall–Kier alpha value is -1.42.